The van der Waals surface area contributed by atoms with Gasteiger partial charge in [-0.2, -0.15) is 0 Å². The Morgan fingerprint density at radius 3 is 2.00 bits per heavy atom. The highest BCUT2D eigenvalue weighted by molar-refractivity contribution is 6.30. The lowest BCUT2D eigenvalue weighted by molar-refractivity contribution is -0.151. The van der Waals surface area contributed by atoms with Crippen molar-refractivity contribution in [1.29, 1.82) is 0 Å². The molecule has 6 nitrogen and oxygen atoms in total. The molecule has 46 heavy (non-hydrogen) atoms. The van der Waals surface area contributed by atoms with Crippen molar-refractivity contribution in [3.05, 3.63) is 137 Å². The molecule has 0 saturated heterocycles. The minimum Gasteiger partial charge on any atom is -0.481 e. The van der Waals surface area contributed by atoms with E-state index in [0.717, 1.165) is 38.2 Å². The third-order valence-electron chi connectivity index (χ3n) is 8.52. The number of carbonyl (C=O) groups excluding carboxylic acids is 1. The molecule has 0 unspecified atom stereocenters. The van der Waals surface area contributed by atoms with Gasteiger partial charge in [0.2, 0.25) is 5.91 Å². The zero-order chi connectivity index (χ0) is 32.6. The van der Waals surface area contributed by atoms with E-state index < -0.39 is 36.6 Å². The van der Waals surface area contributed by atoms with Crippen molar-refractivity contribution < 1.29 is 24.6 Å². The fourth-order valence-corrected chi connectivity index (χ4v) is 6.11. The summed E-state index contributed by atoms with van der Waals surface area (Å²) in [7, 11) is 0. The summed E-state index contributed by atoms with van der Waals surface area (Å²) in [6.07, 6.45) is 3.72. The maximum absolute atomic E-state index is 14.0. The molecule has 7 heteroatoms. The van der Waals surface area contributed by atoms with Gasteiger partial charge in [-0.05, 0) is 75.8 Å². The molecule has 0 saturated carbocycles. The minimum atomic E-state index is -1.34. The van der Waals surface area contributed by atoms with Gasteiger partial charge < -0.3 is 15.1 Å². The van der Waals surface area contributed by atoms with Crippen LogP contribution in [-0.4, -0.2) is 39.0 Å². The summed E-state index contributed by atoms with van der Waals surface area (Å²) in [5, 5.41) is 24.1. The number of carbonyl (C=O) groups is 3. The van der Waals surface area contributed by atoms with Gasteiger partial charge in [-0.1, -0.05) is 109 Å². The number of amides is 1. The van der Waals surface area contributed by atoms with Crippen LogP contribution in [0.2, 0.25) is 5.02 Å². The molecular formula is C39H36ClNO5. The van der Waals surface area contributed by atoms with E-state index in [0.29, 0.717) is 11.4 Å². The van der Waals surface area contributed by atoms with Crippen molar-refractivity contribution in [2.75, 3.05) is 0 Å². The summed E-state index contributed by atoms with van der Waals surface area (Å²) in [5.74, 6) is -4.47. The Kier molecular flexibility index (Phi) is 10.5. The Hall–Kier alpha value is -4.94. The zero-order valence-electron chi connectivity index (χ0n) is 25.6. The van der Waals surface area contributed by atoms with E-state index >= 15 is 0 Å². The van der Waals surface area contributed by atoms with Gasteiger partial charge in [-0.25, -0.2) is 0 Å². The van der Waals surface area contributed by atoms with Crippen molar-refractivity contribution >= 4 is 57.1 Å². The summed E-state index contributed by atoms with van der Waals surface area (Å²) in [6, 6.07) is 35.6. The molecule has 5 aromatic carbocycles. The Morgan fingerprint density at radius 2 is 1.37 bits per heavy atom. The third kappa shape index (κ3) is 8.20. The van der Waals surface area contributed by atoms with E-state index in [1.807, 2.05) is 85.8 Å². The number of hydrogen-bond donors (Lipinski definition) is 2. The van der Waals surface area contributed by atoms with Gasteiger partial charge in [0.1, 0.15) is 0 Å². The molecule has 1 amide bonds. The lowest BCUT2D eigenvalue weighted by atomic mass is 9.87. The highest BCUT2D eigenvalue weighted by atomic mass is 35.5. The molecule has 0 spiro atoms. The quantitative estimate of drug-likeness (QED) is 0.135. The van der Waals surface area contributed by atoms with Crippen molar-refractivity contribution in [1.82, 2.24) is 4.90 Å². The fraction of sp³-hybridized carbons (Fsp3) is 0.205. The van der Waals surface area contributed by atoms with E-state index in [4.69, 9.17) is 11.6 Å². The topological polar surface area (TPSA) is 94.9 Å². The predicted molar refractivity (Wildman–Crippen MR) is 184 cm³/mol. The van der Waals surface area contributed by atoms with Gasteiger partial charge in [0.05, 0.1) is 12.3 Å². The number of carboxylic acid groups (broad SMARTS) is 2. The fourth-order valence-electron chi connectivity index (χ4n) is 5.98. The number of allylic oxidation sites excluding steroid dienone is 1. The molecule has 2 N–H and O–H groups in total. The summed E-state index contributed by atoms with van der Waals surface area (Å²) >= 11 is 6.24. The van der Waals surface area contributed by atoms with Crippen molar-refractivity contribution in [2.45, 2.75) is 44.7 Å². The molecule has 5 aromatic rings. The Bertz CT molecular complexity index is 1880. The monoisotopic (exact) mass is 633 g/mol. The van der Waals surface area contributed by atoms with Gasteiger partial charge in [0, 0.05) is 29.9 Å². The molecule has 3 atom stereocenters. The molecule has 5 rings (SSSR count). The van der Waals surface area contributed by atoms with Crippen LogP contribution < -0.4 is 0 Å². The van der Waals surface area contributed by atoms with Crippen LogP contribution in [0.4, 0.5) is 0 Å². The van der Waals surface area contributed by atoms with Crippen LogP contribution in [0, 0.1) is 5.92 Å². The van der Waals surface area contributed by atoms with Crippen LogP contribution in [0.3, 0.4) is 0 Å². The van der Waals surface area contributed by atoms with E-state index in [1.165, 1.54) is 0 Å². The van der Waals surface area contributed by atoms with Crippen LogP contribution in [0.5, 0.6) is 0 Å². The standard InChI is InChI=1S/C39H36ClNO5/c1-26(36(31-17-19-35(40)20-18-31)12-6-7-27-13-15-29-8-2-4-10-32(29)21-27)41(37(42)23-34(39(45)46)24-38(43)44)25-28-14-16-30-9-3-5-11-33(30)22-28/h2-11,13-22,26,34,36H,12,23-25H2,1H3,(H,43,44)(H,45,46)/b7-6+/t26-,34-,36+/m1/s1. The Labute approximate surface area is 273 Å². The van der Waals surface area contributed by atoms with Gasteiger partial charge in [0.15, 0.2) is 0 Å². The molecule has 0 aliphatic rings. The van der Waals surface area contributed by atoms with Crippen LogP contribution in [0.1, 0.15) is 48.8 Å². The molecule has 0 bridgehead atoms. The van der Waals surface area contributed by atoms with Crippen LogP contribution in [-0.2, 0) is 20.9 Å². The number of carboxylic acids is 2. The highest BCUT2D eigenvalue weighted by Crippen LogP contribution is 2.32. The summed E-state index contributed by atoms with van der Waals surface area (Å²) < 4.78 is 0. The number of benzene rings is 5. The van der Waals surface area contributed by atoms with Gasteiger partial charge in [-0.15, -0.1) is 0 Å². The van der Waals surface area contributed by atoms with E-state index in [-0.39, 0.29) is 18.5 Å². The van der Waals surface area contributed by atoms with Crippen molar-refractivity contribution in [3.8, 4) is 0 Å². The SMILES string of the molecule is C[C@H]([C@H](C/C=C/c1ccc2ccccc2c1)c1ccc(Cl)cc1)N(Cc1ccc2ccccc2c1)C(=O)C[C@H](CC(=O)O)C(=O)O. The molecule has 0 aliphatic carbocycles. The van der Waals surface area contributed by atoms with Gasteiger partial charge in [-0.3, -0.25) is 14.4 Å². The van der Waals surface area contributed by atoms with Crippen LogP contribution in [0.15, 0.2) is 115 Å². The maximum atomic E-state index is 14.0. The maximum Gasteiger partial charge on any atom is 0.307 e. The summed E-state index contributed by atoms with van der Waals surface area (Å²) in [6.45, 7) is 2.21. The average Bonchev–Trinajstić information content (AvgIpc) is 3.05. The second-order valence-electron chi connectivity index (χ2n) is 11.7. The van der Waals surface area contributed by atoms with Crippen LogP contribution in [0.25, 0.3) is 27.6 Å². The molecule has 0 aliphatic heterocycles. The zero-order valence-corrected chi connectivity index (χ0v) is 26.3. The largest absolute Gasteiger partial charge is 0.481 e. The molecule has 0 heterocycles. The van der Waals surface area contributed by atoms with E-state index in [1.54, 1.807) is 4.90 Å². The number of fused-ring (bicyclic) bond motifs is 2. The minimum absolute atomic E-state index is 0.166. The molecule has 234 valence electrons. The van der Waals surface area contributed by atoms with E-state index in [9.17, 15) is 24.6 Å². The first kappa shape index (κ1) is 32.5. The first-order valence-electron chi connectivity index (χ1n) is 15.3. The number of hydrogen-bond acceptors (Lipinski definition) is 3. The highest BCUT2D eigenvalue weighted by Gasteiger charge is 2.32. The van der Waals surface area contributed by atoms with Gasteiger partial charge >= 0.3 is 11.9 Å². The molecule has 0 aromatic heterocycles. The molecular weight excluding hydrogens is 598 g/mol. The van der Waals surface area contributed by atoms with Crippen molar-refractivity contribution in [3.63, 3.8) is 0 Å². The number of halogens is 1. The number of nitrogens with zero attached hydrogens (tertiary/aromatic N) is 1. The Balaban J connectivity index is 1.48. The molecule has 0 radical (unpaired) electrons. The normalized spacial score (nSPS) is 13.4. The predicted octanol–water partition coefficient (Wildman–Crippen LogP) is 8.82. The second kappa shape index (κ2) is 14.9. The van der Waals surface area contributed by atoms with Crippen LogP contribution >= 0.6 is 11.6 Å². The first-order chi connectivity index (χ1) is 22.2. The first-order valence-corrected chi connectivity index (χ1v) is 15.7. The number of rotatable bonds is 13. The summed E-state index contributed by atoms with van der Waals surface area (Å²) in [4.78, 5) is 39.1. The molecule has 0 fully saturated rings. The summed E-state index contributed by atoms with van der Waals surface area (Å²) in [5.41, 5.74) is 2.94. The smallest absolute Gasteiger partial charge is 0.307 e. The Morgan fingerprint density at radius 1 is 0.761 bits per heavy atom. The van der Waals surface area contributed by atoms with E-state index in [2.05, 4.69) is 42.5 Å². The lowest BCUT2D eigenvalue weighted by Crippen LogP contribution is -2.43. The van der Waals surface area contributed by atoms with Crippen molar-refractivity contribution in [2.24, 2.45) is 5.92 Å². The second-order valence-corrected chi connectivity index (χ2v) is 12.1. The average molecular weight is 634 g/mol. The van der Waals surface area contributed by atoms with Gasteiger partial charge in [0.25, 0.3) is 0 Å². The third-order valence-corrected chi connectivity index (χ3v) is 8.78. The lowest BCUT2D eigenvalue weighted by Gasteiger charge is -2.36. The number of aliphatic carboxylic acids is 2.